The summed E-state index contributed by atoms with van der Waals surface area (Å²) in [6, 6.07) is 9.46. The molecule has 3 rings (SSSR count). The SMILES string of the molecule is CCCOC1(OCCC)N=C(N)C2(C#N)C(c3ccc(Cl)cc3Cl)C12C#N. The van der Waals surface area contributed by atoms with Crippen LogP contribution in [0.4, 0.5) is 0 Å². The second-order valence-electron chi connectivity index (χ2n) is 6.71. The molecule has 1 aliphatic carbocycles. The topological polar surface area (TPSA) is 104 Å². The van der Waals surface area contributed by atoms with E-state index in [2.05, 4.69) is 17.1 Å². The van der Waals surface area contributed by atoms with Crippen LogP contribution in [0.1, 0.15) is 38.2 Å². The molecular weight excluding hydrogens is 387 g/mol. The van der Waals surface area contributed by atoms with Crippen LogP contribution in [0.15, 0.2) is 23.2 Å². The van der Waals surface area contributed by atoms with Crippen LogP contribution in [0.5, 0.6) is 0 Å². The molecule has 0 saturated heterocycles. The summed E-state index contributed by atoms with van der Waals surface area (Å²) in [7, 11) is 0. The first kappa shape index (κ1) is 19.9. The van der Waals surface area contributed by atoms with Crippen LogP contribution in [-0.4, -0.2) is 25.0 Å². The predicted molar refractivity (Wildman–Crippen MR) is 102 cm³/mol. The van der Waals surface area contributed by atoms with Gasteiger partial charge in [0.15, 0.2) is 5.41 Å². The standard InChI is InChI=1S/C19H20Cl2N4O2/c1-3-7-26-19(27-8-4-2)18(11-23)15(17(18,10-22)16(24)25-19)13-6-5-12(20)9-14(13)21/h5-6,9,15H,3-4,7-8H2,1-2H3,(H2,24,25). The quantitative estimate of drug-likeness (QED) is 0.689. The minimum absolute atomic E-state index is 0.0368. The van der Waals surface area contributed by atoms with E-state index in [9.17, 15) is 10.5 Å². The molecule has 0 aromatic heterocycles. The Kier molecular flexibility index (Phi) is 5.14. The van der Waals surface area contributed by atoms with E-state index in [1.54, 1.807) is 18.2 Å². The first-order chi connectivity index (χ1) is 12.9. The third kappa shape index (κ3) is 2.41. The van der Waals surface area contributed by atoms with Crippen LogP contribution < -0.4 is 5.73 Å². The van der Waals surface area contributed by atoms with Gasteiger partial charge in [0, 0.05) is 16.0 Å². The minimum atomic E-state index is -1.64. The number of nitriles is 2. The Balaban J connectivity index is 2.20. The normalized spacial score (nSPS) is 30.1. The van der Waals surface area contributed by atoms with Crippen molar-refractivity contribution in [2.75, 3.05) is 13.2 Å². The van der Waals surface area contributed by atoms with Gasteiger partial charge >= 0.3 is 0 Å². The van der Waals surface area contributed by atoms with E-state index in [1.807, 2.05) is 13.8 Å². The second kappa shape index (κ2) is 6.96. The van der Waals surface area contributed by atoms with Crippen LogP contribution in [0.3, 0.4) is 0 Å². The number of benzene rings is 1. The van der Waals surface area contributed by atoms with E-state index in [0.29, 0.717) is 41.7 Å². The summed E-state index contributed by atoms with van der Waals surface area (Å²) in [6.45, 7) is 4.50. The van der Waals surface area contributed by atoms with Crippen molar-refractivity contribution in [1.82, 2.24) is 0 Å². The van der Waals surface area contributed by atoms with Gasteiger partial charge in [0.1, 0.15) is 11.3 Å². The lowest BCUT2D eigenvalue weighted by Gasteiger charge is -2.32. The van der Waals surface area contributed by atoms with Crippen molar-refractivity contribution >= 4 is 29.0 Å². The van der Waals surface area contributed by atoms with Gasteiger partial charge in [0.2, 0.25) is 0 Å². The number of nitrogens with zero attached hydrogens (tertiary/aromatic N) is 3. The molecule has 142 valence electrons. The fraction of sp³-hybridized carbons (Fsp3) is 0.526. The molecular formula is C19H20Cl2N4O2. The van der Waals surface area contributed by atoms with E-state index >= 15 is 0 Å². The number of hydrogen-bond donors (Lipinski definition) is 1. The van der Waals surface area contributed by atoms with Gasteiger partial charge in [-0.3, -0.25) is 0 Å². The number of amidine groups is 1. The summed E-state index contributed by atoms with van der Waals surface area (Å²) in [5.74, 6) is -2.23. The van der Waals surface area contributed by atoms with E-state index in [4.69, 9.17) is 38.4 Å². The molecule has 0 amide bonds. The van der Waals surface area contributed by atoms with Gasteiger partial charge in [0.25, 0.3) is 5.91 Å². The summed E-state index contributed by atoms with van der Waals surface area (Å²) in [5.41, 5.74) is 4.03. The Bertz CT molecular complexity index is 867. The number of halogens is 2. The molecule has 1 aromatic rings. The highest BCUT2D eigenvalue weighted by Gasteiger charge is 2.94. The average Bonchev–Trinajstić information content (AvgIpc) is 3.21. The fourth-order valence-corrected chi connectivity index (χ4v) is 4.56. The van der Waals surface area contributed by atoms with Gasteiger partial charge in [-0.05, 0) is 30.5 Å². The summed E-state index contributed by atoms with van der Waals surface area (Å²) in [4.78, 5) is 4.37. The lowest BCUT2D eigenvalue weighted by atomic mass is 9.93. The largest absolute Gasteiger partial charge is 0.386 e. The van der Waals surface area contributed by atoms with Gasteiger partial charge in [-0.1, -0.05) is 43.1 Å². The summed E-state index contributed by atoms with van der Waals surface area (Å²) < 4.78 is 11.9. The maximum Gasteiger partial charge on any atom is 0.293 e. The number of ether oxygens (including phenoxy) is 2. The number of nitrogens with two attached hydrogens (primary N) is 1. The van der Waals surface area contributed by atoms with Gasteiger partial charge in [0.05, 0.1) is 25.4 Å². The smallest absolute Gasteiger partial charge is 0.293 e. The summed E-state index contributed by atoms with van der Waals surface area (Å²) in [5, 5.41) is 21.1. The molecule has 1 fully saturated rings. The summed E-state index contributed by atoms with van der Waals surface area (Å²) >= 11 is 12.4. The Morgan fingerprint density at radius 2 is 1.78 bits per heavy atom. The van der Waals surface area contributed by atoms with E-state index < -0.39 is 22.7 Å². The molecule has 1 aromatic carbocycles. The maximum atomic E-state index is 10.2. The predicted octanol–water partition coefficient (Wildman–Crippen LogP) is 3.99. The van der Waals surface area contributed by atoms with Crippen molar-refractivity contribution in [3.05, 3.63) is 33.8 Å². The molecule has 2 aliphatic rings. The highest BCUT2D eigenvalue weighted by Crippen LogP contribution is 2.82. The molecule has 0 bridgehead atoms. The maximum absolute atomic E-state index is 10.2. The van der Waals surface area contributed by atoms with Crippen molar-refractivity contribution in [2.24, 2.45) is 21.6 Å². The average molecular weight is 407 g/mol. The molecule has 6 nitrogen and oxygen atoms in total. The highest BCUT2D eigenvalue weighted by molar-refractivity contribution is 6.35. The zero-order valence-electron chi connectivity index (χ0n) is 15.1. The van der Waals surface area contributed by atoms with Crippen LogP contribution in [-0.2, 0) is 9.47 Å². The van der Waals surface area contributed by atoms with Crippen LogP contribution in [0.2, 0.25) is 10.0 Å². The molecule has 2 N–H and O–H groups in total. The molecule has 3 unspecified atom stereocenters. The van der Waals surface area contributed by atoms with Crippen LogP contribution >= 0.6 is 23.2 Å². The van der Waals surface area contributed by atoms with Crippen LogP contribution in [0.25, 0.3) is 0 Å². The van der Waals surface area contributed by atoms with Gasteiger partial charge in [-0.15, -0.1) is 0 Å². The summed E-state index contributed by atoms with van der Waals surface area (Å²) in [6.07, 6.45) is 1.39. The van der Waals surface area contributed by atoms with Gasteiger partial charge < -0.3 is 15.2 Å². The molecule has 0 spiro atoms. The van der Waals surface area contributed by atoms with E-state index in [-0.39, 0.29) is 5.84 Å². The minimum Gasteiger partial charge on any atom is -0.386 e. The van der Waals surface area contributed by atoms with Crippen molar-refractivity contribution in [1.29, 1.82) is 10.5 Å². The first-order valence-corrected chi connectivity index (χ1v) is 9.57. The molecule has 27 heavy (non-hydrogen) atoms. The van der Waals surface area contributed by atoms with Crippen molar-refractivity contribution < 1.29 is 9.47 Å². The highest BCUT2D eigenvalue weighted by atomic mass is 35.5. The monoisotopic (exact) mass is 406 g/mol. The van der Waals surface area contributed by atoms with Gasteiger partial charge in [-0.25, -0.2) is 4.99 Å². The zero-order valence-corrected chi connectivity index (χ0v) is 16.6. The lowest BCUT2D eigenvalue weighted by molar-refractivity contribution is -0.259. The molecule has 8 heteroatoms. The molecule has 1 aliphatic heterocycles. The Morgan fingerprint density at radius 3 is 2.26 bits per heavy atom. The van der Waals surface area contributed by atoms with Crippen LogP contribution in [0, 0.1) is 33.5 Å². The lowest BCUT2D eigenvalue weighted by Crippen LogP contribution is -2.44. The van der Waals surface area contributed by atoms with Crippen molar-refractivity contribution in [3.63, 3.8) is 0 Å². The third-order valence-electron chi connectivity index (χ3n) is 5.20. The van der Waals surface area contributed by atoms with Gasteiger partial charge in [-0.2, -0.15) is 10.5 Å². The van der Waals surface area contributed by atoms with E-state index in [1.165, 1.54) is 0 Å². The number of aliphatic imine (C=N–C) groups is 1. The Hall–Kier alpha value is -1.83. The number of fused-ring (bicyclic) bond motifs is 1. The fourth-order valence-electron chi connectivity index (χ4n) is 4.04. The number of rotatable bonds is 7. The molecule has 3 atom stereocenters. The third-order valence-corrected chi connectivity index (χ3v) is 5.77. The Morgan fingerprint density at radius 1 is 1.15 bits per heavy atom. The van der Waals surface area contributed by atoms with Crippen molar-refractivity contribution in [3.8, 4) is 12.1 Å². The van der Waals surface area contributed by atoms with E-state index in [0.717, 1.165) is 0 Å². The first-order valence-electron chi connectivity index (χ1n) is 8.81. The second-order valence-corrected chi connectivity index (χ2v) is 7.56. The molecule has 1 heterocycles. The molecule has 0 radical (unpaired) electrons. The zero-order chi connectivity index (χ0) is 19.9. The Labute approximate surface area is 168 Å². The van der Waals surface area contributed by atoms with Crippen molar-refractivity contribution in [2.45, 2.75) is 38.5 Å². The molecule has 1 saturated carbocycles. The number of hydrogen-bond acceptors (Lipinski definition) is 6.